The van der Waals surface area contributed by atoms with Crippen LogP contribution < -0.4 is 5.73 Å². The van der Waals surface area contributed by atoms with E-state index in [0.29, 0.717) is 0 Å². The van der Waals surface area contributed by atoms with Crippen LogP contribution in [0.2, 0.25) is 0 Å². The maximum absolute atomic E-state index is 6.13. The molecule has 0 spiro atoms. The van der Waals surface area contributed by atoms with Gasteiger partial charge in [-0.1, -0.05) is 31.9 Å². The van der Waals surface area contributed by atoms with E-state index in [9.17, 15) is 0 Å². The number of hydrogen-bond donors (Lipinski definition) is 1. The van der Waals surface area contributed by atoms with Crippen LogP contribution in [0.5, 0.6) is 0 Å². The second-order valence-electron chi connectivity index (χ2n) is 3.31. The Bertz CT molecular complexity index is 489. The number of nitrogens with two attached hydrogens (primary N) is 1. The Morgan fingerprint density at radius 1 is 1.06 bits per heavy atom. The molecule has 0 radical (unpaired) electrons. The molecule has 0 aliphatic heterocycles. The first-order chi connectivity index (χ1) is 7.58. The molecule has 84 valence electrons. The van der Waals surface area contributed by atoms with Crippen molar-refractivity contribution in [3.63, 3.8) is 0 Å². The van der Waals surface area contributed by atoms with E-state index in [1.165, 1.54) is 0 Å². The highest BCUT2D eigenvalue weighted by Crippen LogP contribution is 2.30. The van der Waals surface area contributed by atoms with Crippen molar-refractivity contribution in [1.82, 2.24) is 0 Å². The topological polar surface area (TPSA) is 39.2 Å². The molecule has 2 aromatic rings. The quantitative estimate of drug-likeness (QED) is 0.786. The summed E-state index contributed by atoms with van der Waals surface area (Å²) < 4.78 is 8.21. The van der Waals surface area contributed by atoms with Gasteiger partial charge in [0.1, 0.15) is 5.76 Å². The molecule has 0 fully saturated rings. The Hall–Kier alpha value is -0.100. The minimum atomic E-state index is -0.279. The van der Waals surface area contributed by atoms with E-state index in [2.05, 4.69) is 47.8 Å². The summed E-state index contributed by atoms with van der Waals surface area (Å²) in [6.07, 6.45) is 1.62. The van der Waals surface area contributed by atoms with Gasteiger partial charge in [-0.05, 0) is 45.8 Å². The van der Waals surface area contributed by atoms with Crippen molar-refractivity contribution in [2.24, 2.45) is 5.73 Å². The van der Waals surface area contributed by atoms with Crippen molar-refractivity contribution in [3.8, 4) is 0 Å². The van der Waals surface area contributed by atoms with Crippen molar-refractivity contribution in [3.05, 3.63) is 55.3 Å². The van der Waals surface area contributed by atoms with E-state index in [1.807, 2.05) is 24.3 Å². The molecule has 0 amide bonds. The predicted octanol–water partition coefficient (Wildman–Crippen LogP) is 4.62. The van der Waals surface area contributed by atoms with E-state index in [-0.39, 0.29) is 6.04 Å². The fraction of sp³-hybridized carbons (Fsp3) is 0.0909. The second-order valence-corrected chi connectivity index (χ2v) is 6.00. The van der Waals surface area contributed by atoms with Gasteiger partial charge in [0.05, 0.1) is 16.8 Å². The zero-order valence-electron chi connectivity index (χ0n) is 8.08. The van der Waals surface area contributed by atoms with Gasteiger partial charge in [-0.3, -0.25) is 0 Å². The zero-order valence-corrected chi connectivity index (χ0v) is 12.8. The highest BCUT2D eigenvalue weighted by molar-refractivity contribution is 9.11. The van der Waals surface area contributed by atoms with Crippen molar-refractivity contribution >= 4 is 47.8 Å². The monoisotopic (exact) mass is 407 g/mol. The highest BCUT2D eigenvalue weighted by Gasteiger charge is 2.16. The lowest BCUT2D eigenvalue weighted by Crippen LogP contribution is -2.11. The Kier molecular flexibility index (Phi) is 3.89. The Morgan fingerprint density at radius 3 is 2.19 bits per heavy atom. The third kappa shape index (κ3) is 2.59. The molecule has 0 aliphatic carbocycles. The van der Waals surface area contributed by atoms with Gasteiger partial charge in [0.25, 0.3) is 0 Å². The van der Waals surface area contributed by atoms with Gasteiger partial charge in [0, 0.05) is 8.95 Å². The molecule has 2 N–H and O–H groups in total. The largest absolute Gasteiger partial charge is 0.466 e. The lowest BCUT2D eigenvalue weighted by molar-refractivity contribution is 0.487. The third-order valence-electron chi connectivity index (χ3n) is 2.17. The van der Waals surface area contributed by atoms with E-state index >= 15 is 0 Å². The van der Waals surface area contributed by atoms with E-state index in [0.717, 1.165) is 24.7 Å². The van der Waals surface area contributed by atoms with Gasteiger partial charge >= 0.3 is 0 Å². The van der Waals surface area contributed by atoms with Crippen LogP contribution in [0.25, 0.3) is 0 Å². The van der Waals surface area contributed by atoms with Crippen LogP contribution in [0.4, 0.5) is 0 Å². The number of hydrogen-bond acceptors (Lipinski definition) is 2. The second kappa shape index (κ2) is 5.04. The molecule has 0 aliphatic rings. The van der Waals surface area contributed by atoms with Gasteiger partial charge < -0.3 is 10.2 Å². The summed E-state index contributed by atoms with van der Waals surface area (Å²) in [5.41, 5.74) is 7.12. The maximum atomic E-state index is 6.13. The third-order valence-corrected chi connectivity index (χ3v) is 3.74. The average molecular weight is 410 g/mol. The lowest BCUT2D eigenvalue weighted by atomic mass is 10.1. The van der Waals surface area contributed by atoms with Crippen LogP contribution in [0.1, 0.15) is 17.4 Å². The molecule has 0 bridgehead atoms. The maximum Gasteiger partial charge on any atom is 0.139 e. The van der Waals surface area contributed by atoms with Gasteiger partial charge in [-0.2, -0.15) is 0 Å². The highest BCUT2D eigenvalue weighted by atomic mass is 79.9. The smallest absolute Gasteiger partial charge is 0.139 e. The van der Waals surface area contributed by atoms with Crippen LogP contribution in [-0.2, 0) is 0 Å². The number of furan rings is 1. The molecule has 1 unspecified atom stereocenters. The van der Waals surface area contributed by atoms with Gasteiger partial charge in [-0.25, -0.2) is 0 Å². The van der Waals surface area contributed by atoms with E-state index in [1.54, 1.807) is 6.26 Å². The average Bonchev–Trinajstić information content (AvgIpc) is 2.62. The molecule has 2 rings (SSSR count). The summed E-state index contributed by atoms with van der Waals surface area (Å²) in [6, 6.07) is 7.47. The van der Waals surface area contributed by atoms with E-state index < -0.39 is 0 Å². The number of rotatable bonds is 2. The van der Waals surface area contributed by atoms with Gasteiger partial charge in [-0.15, -0.1) is 0 Å². The van der Waals surface area contributed by atoms with Gasteiger partial charge in [0.2, 0.25) is 0 Å². The first-order valence-corrected chi connectivity index (χ1v) is 6.90. The standard InChI is InChI=1S/C11H8Br3NO/c12-7-3-6(4-8(13)5-7)10(15)11-9(14)1-2-16-11/h1-5,10H,15H2. The molecule has 0 saturated heterocycles. The zero-order chi connectivity index (χ0) is 11.7. The molecule has 1 atom stereocenters. The van der Waals surface area contributed by atoms with Crippen LogP contribution >= 0.6 is 47.8 Å². The summed E-state index contributed by atoms with van der Waals surface area (Å²) in [6.45, 7) is 0. The predicted molar refractivity (Wildman–Crippen MR) is 74.3 cm³/mol. The lowest BCUT2D eigenvalue weighted by Gasteiger charge is -2.11. The molecular formula is C11H8Br3NO. The van der Waals surface area contributed by atoms with Crippen molar-refractivity contribution in [2.45, 2.75) is 6.04 Å². The molecule has 1 heterocycles. The summed E-state index contributed by atoms with van der Waals surface area (Å²) >= 11 is 10.3. The molecule has 5 heteroatoms. The van der Waals surface area contributed by atoms with Crippen molar-refractivity contribution < 1.29 is 4.42 Å². The summed E-state index contributed by atoms with van der Waals surface area (Å²) in [5.74, 6) is 0.727. The molecule has 1 aromatic carbocycles. The molecule has 2 nitrogen and oxygen atoms in total. The minimum Gasteiger partial charge on any atom is -0.466 e. The molecule has 1 aromatic heterocycles. The van der Waals surface area contributed by atoms with E-state index in [4.69, 9.17) is 10.2 Å². The summed E-state index contributed by atoms with van der Waals surface area (Å²) in [7, 11) is 0. The van der Waals surface area contributed by atoms with Crippen LogP contribution in [0.15, 0.2) is 48.4 Å². The first kappa shape index (κ1) is 12.4. The first-order valence-electron chi connectivity index (χ1n) is 4.52. The number of halogens is 3. The van der Waals surface area contributed by atoms with Crippen LogP contribution in [0.3, 0.4) is 0 Å². The summed E-state index contributed by atoms with van der Waals surface area (Å²) in [5, 5.41) is 0. The summed E-state index contributed by atoms with van der Waals surface area (Å²) in [4.78, 5) is 0. The van der Waals surface area contributed by atoms with Crippen molar-refractivity contribution in [1.29, 1.82) is 0 Å². The van der Waals surface area contributed by atoms with Crippen LogP contribution in [-0.4, -0.2) is 0 Å². The minimum absolute atomic E-state index is 0.279. The fourth-order valence-electron chi connectivity index (χ4n) is 1.43. The SMILES string of the molecule is NC(c1cc(Br)cc(Br)c1)c1occc1Br. The van der Waals surface area contributed by atoms with Crippen molar-refractivity contribution in [2.75, 3.05) is 0 Å². The van der Waals surface area contributed by atoms with Gasteiger partial charge in [0.15, 0.2) is 0 Å². The number of benzene rings is 1. The molecular weight excluding hydrogens is 402 g/mol. The Morgan fingerprint density at radius 2 is 1.69 bits per heavy atom. The molecule has 16 heavy (non-hydrogen) atoms. The fourth-order valence-corrected chi connectivity index (χ4v) is 3.21. The van der Waals surface area contributed by atoms with Crippen LogP contribution in [0, 0.1) is 0 Å². The normalized spacial score (nSPS) is 12.8. The Labute approximate surface area is 119 Å². The Balaban J connectivity index is 2.41. The molecule has 0 saturated carbocycles.